The lowest BCUT2D eigenvalue weighted by Crippen LogP contribution is -2.41. The molecule has 1 nitrogen and oxygen atoms in total. The minimum atomic E-state index is 0.558. The number of hydrogen-bond donors (Lipinski definition) is 1. The normalized spacial score (nSPS) is 29.5. The number of fused-ring (bicyclic) bond motifs is 1. The largest absolute Gasteiger partial charge is 0.307 e. The molecule has 17 heavy (non-hydrogen) atoms. The van der Waals surface area contributed by atoms with Crippen LogP contribution in [0, 0.1) is 5.92 Å². The van der Waals surface area contributed by atoms with Gasteiger partial charge in [0.25, 0.3) is 0 Å². The van der Waals surface area contributed by atoms with Crippen molar-refractivity contribution in [2.75, 3.05) is 0 Å². The van der Waals surface area contributed by atoms with Gasteiger partial charge in [-0.3, -0.25) is 0 Å². The highest BCUT2D eigenvalue weighted by Gasteiger charge is 2.27. The molecule has 0 spiro atoms. The highest BCUT2D eigenvalue weighted by molar-refractivity contribution is 7.12. The molecular weight excluding hydrogens is 226 g/mol. The average Bonchev–Trinajstić information content (AvgIpc) is 2.70. The zero-order valence-electron chi connectivity index (χ0n) is 11.0. The molecule has 1 aromatic rings. The molecule has 1 N–H and O–H groups in total. The van der Waals surface area contributed by atoms with Gasteiger partial charge in [-0.15, -0.1) is 11.3 Å². The monoisotopic (exact) mass is 249 g/mol. The van der Waals surface area contributed by atoms with E-state index < -0.39 is 0 Å². The van der Waals surface area contributed by atoms with Gasteiger partial charge in [0.15, 0.2) is 0 Å². The Bertz CT molecular complexity index is 366. The molecule has 1 heterocycles. The van der Waals surface area contributed by atoms with E-state index in [0.29, 0.717) is 6.04 Å². The van der Waals surface area contributed by atoms with Gasteiger partial charge in [0, 0.05) is 21.8 Å². The van der Waals surface area contributed by atoms with Crippen molar-refractivity contribution in [3.63, 3.8) is 0 Å². The van der Waals surface area contributed by atoms with Crippen LogP contribution in [0.2, 0.25) is 0 Å². The van der Waals surface area contributed by atoms with Crippen LogP contribution in [-0.4, -0.2) is 6.04 Å². The molecular formula is C15H23NS. The molecule has 0 amide bonds. The van der Waals surface area contributed by atoms with Crippen LogP contribution in [0.4, 0.5) is 0 Å². The predicted molar refractivity (Wildman–Crippen MR) is 74.7 cm³/mol. The molecule has 1 unspecified atom stereocenters. The Morgan fingerprint density at radius 1 is 1.29 bits per heavy atom. The van der Waals surface area contributed by atoms with E-state index in [4.69, 9.17) is 0 Å². The second kappa shape index (κ2) is 4.74. The fourth-order valence-electron chi connectivity index (χ4n) is 3.20. The van der Waals surface area contributed by atoms with Crippen molar-refractivity contribution in [1.82, 2.24) is 5.32 Å². The zero-order chi connectivity index (χ0) is 11.8. The van der Waals surface area contributed by atoms with Gasteiger partial charge in [0.05, 0.1) is 0 Å². The minimum Gasteiger partial charge on any atom is -0.307 e. The molecule has 1 saturated carbocycles. The molecule has 1 aromatic heterocycles. The Balaban J connectivity index is 1.64. The van der Waals surface area contributed by atoms with Crippen LogP contribution in [0.1, 0.15) is 60.9 Å². The molecule has 0 bridgehead atoms. The minimum absolute atomic E-state index is 0.558. The van der Waals surface area contributed by atoms with E-state index in [1.165, 1.54) is 38.5 Å². The third kappa shape index (κ3) is 2.43. The van der Waals surface area contributed by atoms with E-state index in [0.717, 1.165) is 12.0 Å². The molecule has 0 saturated heterocycles. The molecule has 3 rings (SSSR count). The summed E-state index contributed by atoms with van der Waals surface area (Å²) in [4.78, 5) is 3.23. The van der Waals surface area contributed by atoms with Gasteiger partial charge < -0.3 is 5.32 Å². The first kappa shape index (κ1) is 11.7. The van der Waals surface area contributed by atoms with Crippen molar-refractivity contribution in [1.29, 1.82) is 0 Å². The lowest BCUT2D eigenvalue weighted by atomic mass is 9.81. The average molecular weight is 249 g/mol. The van der Waals surface area contributed by atoms with Crippen molar-refractivity contribution in [3.05, 3.63) is 21.4 Å². The van der Waals surface area contributed by atoms with Gasteiger partial charge in [-0.25, -0.2) is 0 Å². The number of rotatable bonds is 3. The predicted octanol–water partition coefficient (Wildman–Crippen LogP) is 4.08. The van der Waals surface area contributed by atoms with Crippen molar-refractivity contribution >= 4 is 11.3 Å². The van der Waals surface area contributed by atoms with Crippen LogP contribution < -0.4 is 5.32 Å². The maximum atomic E-state index is 3.78. The van der Waals surface area contributed by atoms with Crippen LogP contribution in [0.5, 0.6) is 0 Å². The van der Waals surface area contributed by atoms with Crippen LogP contribution in [0.15, 0.2) is 6.07 Å². The van der Waals surface area contributed by atoms with Gasteiger partial charge in [0.1, 0.15) is 0 Å². The quantitative estimate of drug-likeness (QED) is 0.851. The molecule has 0 aliphatic heterocycles. The topological polar surface area (TPSA) is 12.0 Å². The van der Waals surface area contributed by atoms with Crippen LogP contribution in [0.25, 0.3) is 0 Å². The smallest absolute Gasteiger partial charge is 0.0388 e. The standard InChI is InChI=1S/C15H23NS/c1-10-7-13(8-10)16-11(2)15-9-12-5-3-4-6-14(12)17-15/h9-11,13,16H,3-8H2,1-2H3. The van der Waals surface area contributed by atoms with E-state index in [1.54, 1.807) is 15.3 Å². The Morgan fingerprint density at radius 2 is 2.06 bits per heavy atom. The zero-order valence-corrected chi connectivity index (χ0v) is 11.8. The Kier molecular flexibility index (Phi) is 3.27. The van der Waals surface area contributed by atoms with Gasteiger partial charge in [-0.05, 0) is 63.0 Å². The van der Waals surface area contributed by atoms with Crippen molar-refractivity contribution in [2.45, 2.75) is 64.5 Å². The lowest BCUT2D eigenvalue weighted by molar-refractivity contribution is 0.227. The molecule has 0 radical (unpaired) electrons. The molecule has 2 heteroatoms. The van der Waals surface area contributed by atoms with E-state index in [1.807, 2.05) is 0 Å². The van der Waals surface area contributed by atoms with Gasteiger partial charge in [-0.2, -0.15) is 0 Å². The molecule has 2 aliphatic carbocycles. The van der Waals surface area contributed by atoms with Crippen molar-refractivity contribution in [2.24, 2.45) is 5.92 Å². The summed E-state index contributed by atoms with van der Waals surface area (Å²) in [5, 5.41) is 3.78. The summed E-state index contributed by atoms with van der Waals surface area (Å²) in [5.74, 6) is 0.941. The number of nitrogens with one attached hydrogen (secondary N) is 1. The summed E-state index contributed by atoms with van der Waals surface area (Å²) in [6.45, 7) is 4.69. The third-order valence-electron chi connectivity index (χ3n) is 4.30. The van der Waals surface area contributed by atoms with E-state index >= 15 is 0 Å². The first-order chi connectivity index (χ1) is 8.22. The number of aryl methyl sites for hydroxylation is 2. The summed E-state index contributed by atoms with van der Waals surface area (Å²) in [7, 11) is 0. The Hall–Kier alpha value is -0.340. The highest BCUT2D eigenvalue weighted by Crippen LogP contribution is 2.34. The second-order valence-corrected chi connectivity index (χ2v) is 7.13. The Labute approximate surface area is 109 Å². The maximum absolute atomic E-state index is 3.78. The molecule has 0 aromatic carbocycles. The summed E-state index contributed by atoms with van der Waals surface area (Å²) in [6, 6.07) is 3.81. The first-order valence-corrected chi connectivity index (χ1v) is 7.91. The summed E-state index contributed by atoms with van der Waals surface area (Å²) < 4.78 is 0. The summed E-state index contributed by atoms with van der Waals surface area (Å²) in [5.41, 5.74) is 1.65. The SMILES string of the molecule is CC1CC(NC(C)c2cc3c(s2)CCCC3)C1. The van der Waals surface area contributed by atoms with Crippen molar-refractivity contribution < 1.29 is 0 Å². The van der Waals surface area contributed by atoms with E-state index in [2.05, 4.69) is 36.6 Å². The first-order valence-electron chi connectivity index (χ1n) is 7.10. The van der Waals surface area contributed by atoms with Gasteiger partial charge in [-0.1, -0.05) is 6.92 Å². The van der Waals surface area contributed by atoms with Crippen LogP contribution >= 0.6 is 11.3 Å². The molecule has 1 fully saturated rings. The molecule has 2 aliphatic rings. The number of thiophene rings is 1. The van der Waals surface area contributed by atoms with Gasteiger partial charge in [0.2, 0.25) is 0 Å². The Morgan fingerprint density at radius 3 is 2.76 bits per heavy atom. The highest BCUT2D eigenvalue weighted by atomic mass is 32.1. The van der Waals surface area contributed by atoms with Crippen LogP contribution in [0.3, 0.4) is 0 Å². The maximum Gasteiger partial charge on any atom is 0.0388 e. The third-order valence-corrected chi connectivity index (χ3v) is 5.72. The van der Waals surface area contributed by atoms with Crippen LogP contribution in [-0.2, 0) is 12.8 Å². The molecule has 94 valence electrons. The van der Waals surface area contributed by atoms with E-state index in [9.17, 15) is 0 Å². The fraction of sp³-hybridized carbons (Fsp3) is 0.733. The second-order valence-electron chi connectivity index (χ2n) is 5.97. The summed E-state index contributed by atoms with van der Waals surface area (Å²) >= 11 is 2.06. The fourth-order valence-corrected chi connectivity index (χ4v) is 4.47. The lowest BCUT2D eigenvalue weighted by Gasteiger charge is -2.35. The van der Waals surface area contributed by atoms with Crippen molar-refractivity contribution in [3.8, 4) is 0 Å². The molecule has 1 atom stereocenters. The number of hydrogen-bond acceptors (Lipinski definition) is 2. The summed E-state index contributed by atoms with van der Waals surface area (Å²) in [6.07, 6.45) is 8.18. The van der Waals surface area contributed by atoms with E-state index in [-0.39, 0.29) is 0 Å². The van der Waals surface area contributed by atoms with Gasteiger partial charge >= 0.3 is 0 Å².